The van der Waals surface area contributed by atoms with Crippen LogP contribution in [0.15, 0.2) is 65.5 Å². The topological polar surface area (TPSA) is 96.2 Å². The van der Waals surface area contributed by atoms with Gasteiger partial charge in [0.25, 0.3) is 5.69 Å². The molecular weight excluding hydrogens is 422 g/mol. The molecule has 4 rings (SSSR count). The van der Waals surface area contributed by atoms with Gasteiger partial charge >= 0.3 is 0 Å². The van der Waals surface area contributed by atoms with Crippen molar-refractivity contribution < 1.29 is 4.92 Å². The van der Waals surface area contributed by atoms with Crippen molar-refractivity contribution in [2.45, 2.75) is 38.1 Å². The molecule has 0 unspecified atom stereocenters. The van der Waals surface area contributed by atoms with Crippen molar-refractivity contribution in [3.05, 3.63) is 86.5 Å². The highest BCUT2D eigenvalue weighted by Gasteiger charge is 2.15. The summed E-state index contributed by atoms with van der Waals surface area (Å²) in [7, 11) is 0. The Labute approximate surface area is 190 Å². The second kappa shape index (κ2) is 9.62. The lowest BCUT2D eigenvalue weighted by Gasteiger charge is -2.18. The number of nitro benzene ring substituents is 1. The van der Waals surface area contributed by atoms with Crippen molar-refractivity contribution in [3.63, 3.8) is 0 Å². The number of rotatable bonds is 6. The standard InChI is InChI=1S/C24H23N5O2S/c1-17(19-9-7-18(15-25)8-10-19)27-28-23(20-11-13-22(14-12-20)29(30)31)16-32-24(28)26-21-5-3-2-4-6-21/h7-14,16,21,27H,1-6H2. The molecule has 0 saturated heterocycles. The molecule has 1 aromatic heterocycles. The van der Waals surface area contributed by atoms with Crippen molar-refractivity contribution in [3.8, 4) is 17.3 Å². The summed E-state index contributed by atoms with van der Waals surface area (Å²) in [6.45, 7) is 4.17. The van der Waals surface area contributed by atoms with E-state index < -0.39 is 4.92 Å². The van der Waals surface area contributed by atoms with Gasteiger partial charge in [-0.2, -0.15) is 5.26 Å². The van der Waals surface area contributed by atoms with Crippen LogP contribution in [-0.2, 0) is 0 Å². The Hall–Kier alpha value is -3.70. The number of non-ortho nitro benzene ring substituents is 1. The number of aromatic nitrogens is 1. The van der Waals surface area contributed by atoms with Crippen molar-refractivity contribution in [1.82, 2.24) is 4.68 Å². The quantitative estimate of drug-likeness (QED) is 0.403. The molecule has 32 heavy (non-hydrogen) atoms. The van der Waals surface area contributed by atoms with Gasteiger partial charge in [-0.25, -0.2) is 4.68 Å². The summed E-state index contributed by atoms with van der Waals surface area (Å²) in [6, 6.07) is 16.1. The molecule has 0 spiro atoms. The van der Waals surface area contributed by atoms with E-state index in [0.717, 1.165) is 34.5 Å². The van der Waals surface area contributed by atoms with Gasteiger partial charge in [-0.3, -0.25) is 20.5 Å². The van der Waals surface area contributed by atoms with Crippen LogP contribution in [-0.4, -0.2) is 15.6 Å². The van der Waals surface area contributed by atoms with E-state index in [0.29, 0.717) is 17.3 Å². The number of thiazole rings is 1. The third-order valence-electron chi connectivity index (χ3n) is 5.56. The summed E-state index contributed by atoms with van der Waals surface area (Å²) in [6.07, 6.45) is 5.82. The largest absolute Gasteiger partial charge is 0.292 e. The molecule has 162 valence electrons. The van der Waals surface area contributed by atoms with Gasteiger partial charge in [-0.1, -0.05) is 38.0 Å². The maximum atomic E-state index is 11.0. The number of nitrogens with zero attached hydrogens (tertiary/aromatic N) is 4. The lowest BCUT2D eigenvalue weighted by molar-refractivity contribution is -0.384. The number of hydrogen-bond donors (Lipinski definition) is 1. The molecule has 0 aliphatic heterocycles. The first-order valence-electron chi connectivity index (χ1n) is 10.5. The average Bonchev–Trinajstić information content (AvgIpc) is 3.21. The first kappa shape index (κ1) is 21.5. The highest BCUT2D eigenvalue weighted by Crippen LogP contribution is 2.25. The number of nitrogens with one attached hydrogen (secondary N) is 1. The Morgan fingerprint density at radius 3 is 2.47 bits per heavy atom. The molecule has 0 bridgehead atoms. The van der Waals surface area contributed by atoms with Gasteiger partial charge in [-0.15, -0.1) is 11.3 Å². The van der Waals surface area contributed by atoms with E-state index in [2.05, 4.69) is 18.1 Å². The van der Waals surface area contributed by atoms with Crippen LogP contribution in [0.2, 0.25) is 0 Å². The van der Waals surface area contributed by atoms with Gasteiger partial charge in [0, 0.05) is 23.1 Å². The molecule has 1 fully saturated rings. The van der Waals surface area contributed by atoms with Gasteiger partial charge in [0.1, 0.15) is 0 Å². The maximum Gasteiger partial charge on any atom is 0.269 e. The van der Waals surface area contributed by atoms with Gasteiger partial charge in [0.05, 0.1) is 34.0 Å². The van der Waals surface area contributed by atoms with E-state index in [1.165, 1.54) is 42.7 Å². The predicted molar refractivity (Wildman–Crippen MR) is 126 cm³/mol. The lowest BCUT2D eigenvalue weighted by Crippen LogP contribution is -2.27. The molecule has 0 radical (unpaired) electrons. The summed E-state index contributed by atoms with van der Waals surface area (Å²) in [5.41, 5.74) is 7.23. The second-order valence-electron chi connectivity index (χ2n) is 7.74. The average molecular weight is 446 g/mol. The van der Waals surface area contributed by atoms with Gasteiger partial charge in [0.2, 0.25) is 4.80 Å². The zero-order valence-corrected chi connectivity index (χ0v) is 18.3. The Morgan fingerprint density at radius 2 is 1.84 bits per heavy atom. The summed E-state index contributed by atoms with van der Waals surface area (Å²) < 4.78 is 1.90. The van der Waals surface area contributed by atoms with Crippen molar-refractivity contribution in [1.29, 1.82) is 5.26 Å². The van der Waals surface area contributed by atoms with E-state index in [9.17, 15) is 10.1 Å². The first-order valence-corrected chi connectivity index (χ1v) is 11.4. The van der Waals surface area contributed by atoms with Crippen molar-refractivity contribution in [2.75, 3.05) is 5.43 Å². The van der Waals surface area contributed by atoms with Crippen molar-refractivity contribution >= 4 is 22.7 Å². The molecule has 1 N–H and O–H groups in total. The molecule has 0 amide bonds. The number of benzene rings is 2. The minimum Gasteiger partial charge on any atom is -0.292 e. The SMILES string of the molecule is C=C(Nn1c(-c2ccc([N+](=O)[O-])cc2)csc1=NC1CCCCC1)c1ccc(C#N)cc1. The van der Waals surface area contributed by atoms with Gasteiger partial charge in [0.15, 0.2) is 0 Å². The van der Waals surface area contributed by atoms with E-state index in [1.807, 2.05) is 22.2 Å². The van der Waals surface area contributed by atoms with E-state index >= 15 is 0 Å². The third kappa shape index (κ3) is 4.79. The molecule has 1 aliphatic carbocycles. The van der Waals surface area contributed by atoms with Gasteiger partial charge in [-0.05, 0) is 42.7 Å². The van der Waals surface area contributed by atoms with Crippen LogP contribution in [0.4, 0.5) is 5.69 Å². The van der Waals surface area contributed by atoms with Crippen LogP contribution in [0, 0.1) is 21.4 Å². The smallest absolute Gasteiger partial charge is 0.269 e. The summed E-state index contributed by atoms with van der Waals surface area (Å²) >= 11 is 1.53. The van der Waals surface area contributed by atoms with E-state index in [1.54, 1.807) is 24.3 Å². The van der Waals surface area contributed by atoms with Crippen LogP contribution in [0.5, 0.6) is 0 Å². The Morgan fingerprint density at radius 1 is 1.16 bits per heavy atom. The van der Waals surface area contributed by atoms with E-state index in [-0.39, 0.29) is 5.69 Å². The monoisotopic (exact) mass is 445 g/mol. The molecule has 8 heteroatoms. The van der Waals surface area contributed by atoms with Gasteiger partial charge < -0.3 is 0 Å². The third-order valence-corrected chi connectivity index (χ3v) is 6.40. The molecule has 1 heterocycles. The Balaban J connectivity index is 1.71. The Kier molecular flexibility index (Phi) is 6.47. The Bertz CT molecular complexity index is 1230. The first-order chi connectivity index (χ1) is 15.5. The fraction of sp³-hybridized carbons (Fsp3) is 0.250. The molecule has 7 nitrogen and oxygen atoms in total. The number of nitro groups is 1. The zero-order valence-electron chi connectivity index (χ0n) is 17.5. The van der Waals surface area contributed by atoms with Crippen LogP contribution in [0.3, 0.4) is 0 Å². The summed E-state index contributed by atoms with van der Waals surface area (Å²) in [4.78, 5) is 16.5. The van der Waals surface area contributed by atoms with Crippen LogP contribution < -0.4 is 10.2 Å². The zero-order chi connectivity index (χ0) is 22.5. The molecule has 2 aromatic carbocycles. The highest BCUT2D eigenvalue weighted by atomic mass is 32.1. The predicted octanol–water partition coefficient (Wildman–Crippen LogP) is 5.44. The molecular formula is C24H23N5O2S. The van der Waals surface area contributed by atoms with Crippen molar-refractivity contribution in [2.24, 2.45) is 4.99 Å². The minimum absolute atomic E-state index is 0.0533. The number of nitriles is 1. The normalized spacial score (nSPS) is 14.7. The fourth-order valence-corrected chi connectivity index (χ4v) is 4.69. The minimum atomic E-state index is -0.402. The molecule has 0 atom stereocenters. The summed E-state index contributed by atoms with van der Waals surface area (Å²) in [5.74, 6) is 0. The number of hydrogen-bond acceptors (Lipinski definition) is 6. The van der Waals surface area contributed by atoms with E-state index in [4.69, 9.17) is 10.3 Å². The second-order valence-corrected chi connectivity index (χ2v) is 8.58. The molecule has 1 aliphatic rings. The maximum absolute atomic E-state index is 11.0. The van der Waals surface area contributed by atoms with Crippen LogP contribution >= 0.6 is 11.3 Å². The van der Waals surface area contributed by atoms with Crippen LogP contribution in [0.1, 0.15) is 43.2 Å². The molecule has 3 aromatic rings. The van der Waals surface area contributed by atoms with Crippen LogP contribution in [0.25, 0.3) is 17.0 Å². The summed E-state index contributed by atoms with van der Waals surface area (Å²) in [5, 5.41) is 22.1. The lowest BCUT2D eigenvalue weighted by atomic mass is 9.96. The molecule has 1 saturated carbocycles. The fourth-order valence-electron chi connectivity index (χ4n) is 3.78. The highest BCUT2D eigenvalue weighted by molar-refractivity contribution is 7.07.